The number of ether oxygens (including phenoxy) is 4. The molecule has 1 saturated heterocycles. The largest absolute Gasteiger partial charge is 0.573 e. The van der Waals surface area contributed by atoms with Crippen LogP contribution in [0.1, 0.15) is 27.7 Å². The lowest BCUT2D eigenvalue weighted by Crippen LogP contribution is -2.36. The Bertz CT molecular complexity index is 1390. The normalized spacial score (nSPS) is 19.1. The van der Waals surface area contributed by atoms with Crippen LogP contribution in [0.15, 0.2) is 58.8 Å². The van der Waals surface area contributed by atoms with Crippen LogP contribution in [-0.4, -0.2) is 51.2 Å². The Kier molecular flexibility index (Phi) is 8.38. The lowest BCUT2D eigenvalue weighted by atomic mass is 9.96. The second kappa shape index (κ2) is 11.3. The van der Waals surface area contributed by atoms with Gasteiger partial charge in [-0.1, -0.05) is 39.0 Å². The van der Waals surface area contributed by atoms with Gasteiger partial charge < -0.3 is 39.0 Å². The number of fused-ring (bicyclic) bond motifs is 1. The maximum atomic E-state index is 12.9. The van der Waals surface area contributed by atoms with Crippen LogP contribution in [0.3, 0.4) is 0 Å². The smallest absolute Gasteiger partial charge is 0.493 e. The van der Waals surface area contributed by atoms with Gasteiger partial charge in [0.1, 0.15) is 12.4 Å². The Morgan fingerprint density at radius 2 is 1.88 bits per heavy atom. The predicted molar refractivity (Wildman–Crippen MR) is 143 cm³/mol. The van der Waals surface area contributed by atoms with Gasteiger partial charge in [-0.05, 0) is 49.5 Å². The van der Waals surface area contributed by atoms with Crippen LogP contribution < -0.4 is 10.1 Å². The van der Waals surface area contributed by atoms with Crippen LogP contribution in [0.4, 0.5) is 24.5 Å². The molecule has 3 atom stereocenters. The summed E-state index contributed by atoms with van der Waals surface area (Å²) in [6.45, 7) is 7.05. The Morgan fingerprint density at radius 1 is 1.20 bits per heavy atom. The van der Waals surface area contributed by atoms with Gasteiger partial charge in [-0.3, -0.25) is 0 Å². The monoisotopic (exact) mass is 582 g/mol. The molecule has 14 heteroatoms. The number of aromatic nitrogens is 1. The molecule has 1 aromatic heterocycles. The molecule has 40 heavy (non-hydrogen) atoms. The lowest BCUT2D eigenvalue weighted by Gasteiger charge is -2.29. The molecule has 2 heterocycles. The summed E-state index contributed by atoms with van der Waals surface area (Å²) in [5.41, 5.74) is 0.264. The number of aromatic hydroxyl groups is 1. The first-order valence-electron chi connectivity index (χ1n) is 12.2. The van der Waals surface area contributed by atoms with Crippen molar-refractivity contribution in [2.75, 3.05) is 11.9 Å². The van der Waals surface area contributed by atoms with Crippen LogP contribution in [-0.2, 0) is 20.8 Å². The van der Waals surface area contributed by atoms with Crippen LogP contribution >= 0.6 is 12.2 Å². The highest BCUT2D eigenvalue weighted by Crippen LogP contribution is 2.44. The number of nitrogens with zero attached hydrogens (tertiary/aromatic N) is 3. The second-order valence-corrected chi connectivity index (χ2v) is 10.6. The van der Waals surface area contributed by atoms with Crippen LogP contribution in [0.2, 0.25) is 0 Å². The van der Waals surface area contributed by atoms with Crippen molar-refractivity contribution in [3.8, 4) is 11.6 Å². The van der Waals surface area contributed by atoms with Crippen molar-refractivity contribution in [3.05, 3.63) is 48.5 Å². The molecule has 0 aliphatic carbocycles. The number of hydrogen-bond acceptors (Lipinski definition) is 8. The Balaban J connectivity index is 1.63. The number of alkyl halides is 3. The van der Waals surface area contributed by atoms with Crippen molar-refractivity contribution in [2.24, 2.45) is 15.6 Å². The number of anilines is 1. The van der Waals surface area contributed by atoms with Gasteiger partial charge in [0, 0.05) is 16.5 Å². The van der Waals surface area contributed by atoms with E-state index in [0.717, 1.165) is 12.1 Å². The summed E-state index contributed by atoms with van der Waals surface area (Å²) in [7, 11) is 0. The van der Waals surface area contributed by atoms with Gasteiger partial charge in [-0.15, -0.1) is 23.4 Å². The molecule has 216 valence electrons. The van der Waals surface area contributed by atoms with Crippen molar-refractivity contribution >= 4 is 39.6 Å². The van der Waals surface area contributed by atoms with Crippen molar-refractivity contribution in [3.63, 3.8) is 0 Å². The number of nitrogens with one attached hydrogen (secondary N) is 1. The minimum absolute atomic E-state index is 0.0390. The first-order valence-corrected chi connectivity index (χ1v) is 12.6. The standard InChI is InChI=1S/C26H29F3N4O6S/c1-15(37-22(35)24(2,3)4)38-25(14-36-25)13-33-19-11-10-17(39-26(27,28)29)12-18(19)20(21(33)34)31-32-23(40)30-16-8-6-5-7-9-16/h5-12,15,22,34-35H,13-14H2,1-4H3,(H,30,40). The van der Waals surface area contributed by atoms with E-state index in [2.05, 4.69) is 20.3 Å². The molecule has 1 aliphatic rings. The van der Waals surface area contributed by atoms with E-state index < -0.39 is 41.8 Å². The van der Waals surface area contributed by atoms with Gasteiger partial charge in [-0.25, -0.2) is 0 Å². The second-order valence-electron chi connectivity index (χ2n) is 10.2. The maximum Gasteiger partial charge on any atom is 0.573 e. The number of thiocarbonyl (C=S) groups is 1. The molecule has 0 radical (unpaired) electrons. The van der Waals surface area contributed by atoms with E-state index in [9.17, 15) is 23.4 Å². The van der Waals surface area contributed by atoms with Crippen molar-refractivity contribution in [1.82, 2.24) is 4.57 Å². The highest BCUT2D eigenvalue weighted by Gasteiger charge is 2.49. The number of para-hydroxylation sites is 1. The molecule has 10 nitrogen and oxygen atoms in total. The third-order valence-corrected chi connectivity index (χ3v) is 5.97. The Labute approximate surface area is 233 Å². The highest BCUT2D eigenvalue weighted by atomic mass is 32.1. The third-order valence-electron chi connectivity index (χ3n) is 5.79. The molecule has 1 fully saturated rings. The zero-order valence-electron chi connectivity index (χ0n) is 22.1. The van der Waals surface area contributed by atoms with E-state index in [0.29, 0.717) is 11.2 Å². The van der Waals surface area contributed by atoms with Gasteiger partial charge in [-0.2, -0.15) is 0 Å². The van der Waals surface area contributed by atoms with Gasteiger partial charge in [0.15, 0.2) is 18.3 Å². The van der Waals surface area contributed by atoms with E-state index in [-0.39, 0.29) is 29.3 Å². The summed E-state index contributed by atoms with van der Waals surface area (Å²) >= 11 is 5.20. The summed E-state index contributed by atoms with van der Waals surface area (Å²) in [5.74, 6) is -2.14. The van der Waals surface area contributed by atoms with Crippen LogP contribution in [0.25, 0.3) is 10.9 Å². The highest BCUT2D eigenvalue weighted by molar-refractivity contribution is 7.80. The average Bonchev–Trinajstić information content (AvgIpc) is 3.55. The Morgan fingerprint density at radius 3 is 2.48 bits per heavy atom. The number of azo groups is 1. The average molecular weight is 583 g/mol. The third kappa shape index (κ3) is 7.46. The fraction of sp³-hybridized carbons (Fsp3) is 0.423. The summed E-state index contributed by atoms with van der Waals surface area (Å²) in [6.07, 6.45) is -6.92. The minimum atomic E-state index is -4.92. The molecule has 0 saturated carbocycles. The van der Waals surface area contributed by atoms with Gasteiger partial charge in [0.25, 0.3) is 0 Å². The topological polar surface area (TPSA) is 122 Å². The molecule has 1 aliphatic heterocycles. The van der Waals surface area contributed by atoms with Crippen LogP contribution in [0, 0.1) is 5.41 Å². The number of halogens is 3. The van der Waals surface area contributed by atoms with Crippen LogP contribution in [0.5, 0.6) is 11.6 Å². The van der Waals surface area contributed by atoms with Crippen molar-refractivity contribution in [1.29, 1.82) is 0 Å². The van der Waals surface area contributed by atoms with E-state index in [1.807, 2.05) is 6.07 Å². The fourth-order valence-electron chi connectivity index (χ4n) is 3.76. The quantitative estimate of drug-likeness (QED) is 0.118. The van der Waals surface area contributed by atoms with E-state index in [4.69, 9.17) is 26.4 Å². The van der Waals surface area contributed by atoms with Crippen molar-refractivity contribution in [2.45, 2.75) is 59.0 Å². The first-order chi connectivity index (χ1) is 18.7. The first kappa shape index (κ1) is 29.7. The zero-order valence-corrected chi connectivity index (χ0v) is 22.9. The molecule has 3 unspecified atom stereocenters. The Hall–Kier alpha value is -3.30. The number of aliphatic hydroxyl groups excluding tert-OH is 1. The SMILES string of the molecule is CC(OC(O)C(C)(C)C)OC1(Cn2c(O)c(N=NC(=S)Nc3ccccc3)c3cc(OC(F)(F)F)ccc32)CO1. The molecule has 0 spiro atoms. The molecule has 0 amide bonds. The molecular formula is C26H29F3N4O6S. The number of aliphatic hydroxyl groups is 1. The zero-order chi connectivity index (χ0) is 29.3. The van der Waals surface area contributed by atoms with E-state index in [1.165, 1.54) is 10.6 Å². The molecule has 0 bridgehead atoms. The van der Waals surface area contributed by atoms with E-state index in [1.54, 1.807) is 52.0 Å². The van der Waals surface area contributed by atoms with Gasteiger partial charge in [0.2, 0.25) is 16.8 Å². The van der Waals surface area contributed by atoms with E-state index >= 15 is 0 Å². The molecule has 4 rings (SSSR count). The number of benzene rings is 2. The number of epoxide rings is 1. The summed E-state index contributed by atoms with van der Waals surface area (Å²) in [4.78, 5) is 0. The summed E-state index contributed by atoms with van der Waals surface area (Å²) in [5, 5.41) is 32.3. The molecule has 2 aromatic carbocycles. The fourth-order valence-corrected chi connectivity index (χ4v) is 3.92. The van der Waals surface area contributed by atoms with Crippen molar-refractivity contribution < 1.29 is 42.3 Å². The molecular weight excluding hydrogens is 553 g/mol. The van der Waals surface area contributed by atoms with Gasteiger partial charge >= 0.3 is 6.36 Å². The minimum Gasteiger partial charge on any atom is -0.493 e. The maximum absolute atomic E-state index is 12.9. The number of hydrogen-bond donors (Lipinski definition) is 3. The molecule has 3 N–H and O–H groups in total. The summed E-state index contributed by atoms with van der Waals surface area (Å²) < 4.78 is 61.1. The van der Waals surface area contributed by atoms with Gasteiger partial charge in [0.05, 0.1) is 12.1 Å². The predicted octanol–water partition coefficient (Wildman–Crippen LogP) is 6.20. The molecule has 3 aromatic rings. The lowest BCUT2D eigenvalue weighted by molar-refractivity contribution is -0.281. The summed E-state index contributed by atoms with van der Waals surface area (Å²) in [6, 6.07) is 12.5. The number of rotatable bonds is 9.